The standard InChI is InChI=1S/C11H15F3N6O2S2/c12-11(13,14)24(21,22)20-8(15)4-5-23-6-7-2-1-3-9(18-7)19-10(16)17/h1-3H,4-6H2,(H2,15,20)(H4,16,17,18,19). The fourth-order valence-electron chi connectivity index (χ4n) is 1.35. The Morgan fingerprint density at radius 2 is 1.92 bits per heavy atom. The van der Waals surface area contributed by atoms with Gasteiger partial charge < -0.3 is 17.2 Å². The van der Waals surface area contributed by atoms with Crippen LogP contribution in [0.25, 0.3) is 0 Å². The van der Waals surface area contributed by atoms with Crippen molar-refractivity contribution in [1.82, 2.24) is 4.98 Å². The smallest absolute Gasteiger partial charge is 0.386 e. The van der Waals surface area contributed by atoms with Crippen LogP contribution in [-0.4, -0.2) is 36.5 Å². The minimum Gasteiger partial charge on any atom is -0.386 e. The molecule has 13 heteroatoms. The summed E-state index contributed by atoms with van der Waals surface area (Å²) in [7, 11) is -5.60. The fourth-order valence-corrected chi connectivity index (χ4v) is 2.72. The van der Waals surface area contributed by atoms with Gasteiger partial charge in [-0.25, -0.2) is 4.98 Å². The summed E-state index contributed by atoms with van der Waals surface area (Å²) in [5.41, 5.74) is 10.9. The third-order valence-electron chi connectivity index (χ3n) is 2.32. The minimum atomic E-state index is -5.60. The van der Waals surface area contributed by atoms with E-state index >= 15 is 0 Å². The number of sulfonamides is 1. The van der Waals surface area contributed by atoms with Gasteiger partial charge in [-0.2, -0.15) is 38.3 Å². The van der Waals surface area contributed by atoms with Gasteiger partial charge in [0.25, 0.3) is 0 Å². The Morgan fingerprint density at radius 3 is 2.50 bits per heavy atom. The molecule has 1 aromatic heterocycles. The van der Waals surface area contributed by atoms with Gasteiger partial charge in [-0.3, -0.25) is 0 Å². The van der Waals surface area contributed by atoms with Gasteiger partial charge in [-0.15, -0.1) is 4.40 Å². The molecule has 0 aromatic carbocycles. The van der Waals surface area contributed by atoms with E-state index in [9.17, 15) is 21.6 Å². The molecule has 0 aliphatic rings. The van der Waals surface area contributed by atoms with E-state index in [1.54, 1.807) is 18.2 Å². The Hall–Kier alpha value is -2.02. The first-order valence-electron chi connectivity index (χ1n) is 6.30. The van der Waals surface area contributed by atoms with Gasteiger partial charge in [0, 0.05) is 17.9 Å². The van der Waals surface area contributed by atoms with Gasteiger partial charge in [-0.05, 0) is 12.1 Å². The molecule has 24 heavy (non-hydrogen) atoms. The number of alkyl halides is 3. The molecule has 134 valence electrons. The monoisotopic (exact) mass is 384 g/mol. The van der Waals surface area contributed by atoms with Crippen LogP contribution in [0.4, 0.5) is 19.0 Å². The molecule has 0 saturated heterocycles. The van der Waals surface area contributed by atoms with Gasteiger partial charge in [0.2, 0.25) is 0 Å². The van der Waals surface area contributed by atoms with Crippen LogP contribution in [-0.2, 0) is 15.8 Å². The largest absolute Gasteiger partial charge is 0.518 e. The van der Waals surface area contributed by atoms with Crippen LogP contribution >= 0.6 is 11.8 Å². The molecule has 0 radical (unpaired) electrons. The molecule has 0 aliphatic heterocycles. The fraction of sp³-hybridized carbons (Fsp3) is 0.364. The summed E-state index contributed by atoms with van der Waals surface area (Å²) in [5, 5.41) is 0. The Morgan fingerprint density at radius 1 is 1.25 bits per heavy atom. The van der Waals surface area contributed by atoms with Crippen LogP contribution in [0.1, 0.15) is 12.1 Å². The molecule has 0 atom stereocenters. The highest BCUT2D eigenvalue weighted by molar-refractivity contribution is 7.98. The number of nitrogens with zero attached hydrogens (tertiary/aromatic N) is 3. The molecule has 1 rings (SSSR count). The summed E-state index contributed by atoms with van der Waals surface area (Å²) in [4.78, 5) is 7.93. The molecule has 1 heterocycles. The number of nitrogens with two attached hydrogens (primary N) is 3. The van der Waals surface area contributed by atoms with E-state index in [4.69, 9.17) is 17.2 Å². The summed E-state index contributed by atoms with van der Waals surface area (Å²) < 4.78 is 60.6. The average Bonchev–Trinajstić information content (AvgIpc) is 2.41. The highest BCUT2D eigenvalue weighted by Gasteiger charge is 2.46. The van der Waals surface area contributed by atoms with Crippen molar-refractivity contribution in [3.8, 4) is 0 Å². The maximum Gasteiger partial charge on any atom is 0.518 e. The second-order valence-corrected chi connectivity index (χ2v) is 7.03. The zero-order valence-electron chi connectivity index (χ0n) is 12.2. The van der Waals surface area contributed by atoms with E-state index in [1.807, 2.05) is 0 Å². The van der Waals surface area contributed by atoms with Crippen LogP contribution in [0.5, 0.6) is 0 Å². The highest BCUT2D eigenvalue weighted by atomic mass is 32.2. The molecule has 0 spiro atoms. The number of halogens is 3. The number of hydrogen-bond acceptors (Lipinski definition) is 5. The van der Waals surface area contributed by atoms with Gasteiger partial charge in [0.1, 0.15) is 5.84 Å². The molecule has 0 fully saturated rings. The van der Waals surface area contributed by atoms with Gasteiger partial charge in [0.05, 0.1) is 5.69 Å². The van der Waals surface area contributed by atoms with E-state index < -0.39 is 21.4 Å². The van der Waals surface area contributed by atoms with Gasteiger partial charge in [-0.1, -0.05) is 6.07 Å². The lowest BCUT2D eigenvalue weighted by molar-refractivity contribution is -0.0435. The third-order valence-corrected chi connectivity index (χ3v) is 4.37. The average molecular weight is 384 g/mol. The quantitative estimate of drug-likeness (QED) is 0.358. The van der Waals surface area contributed by atoms with E-state index in [-0.39, 0.29) is 18.1 Å². The van der Waals surface area contributed by atoms with Crippen molar-refractivity contribution in [3.63, 3.8) is 0 Å². The number of pyridine rings is 1. The number of aromatic nitrogens is 1. The molecule has 0 saturated carbocycles. The second kappa shape index (κ2) is 8.19. The lowest BCUT2D eigenvalue weighted by atomic mass is 10.4. The minimum absolute atomic E-state index is 0.117. The van der Waals surface area contributed by atoms with Crippen LogP contribution in [0.3, 0.4) is 0 Å². The zero-order chi connectivity index (χ0) is 18.4. The van der Waals surface area contributed by atoms with Gasteiger partial charge in [0.15, 0.2) is 11.8 Å². The maximum atomic E-state index is 12.1. The van der Waals surface area contributed by atoms with Crippen molar-refractivity contribution in [2.45, 2.75) is 17.7 Å². The Labute approximate surface area is 140 Å². The number of rotatable bonds is 7. The molecule has 0 bridgehead atoms. The Bertz CT molecular complexity index is 730. The summed E-state index contributed by atoms with van der Waals surface area (Å²) in [6.45, 7) is 0. The summed E-state index contributed by atoms with van der Waals surface area (Å²) >= 11 is 1.29. The SMILES string of the molecule is NC(N)=Nc1cccc(CSCC/C(N)=N/S(=O)(=O)C(F)(F)F)n1. The normalized spacial score (nSPS) is 12.9. The van der Waals surface area contributed by atoms with Crippen molar-refractivity contribution in [2.24, 2.45) is 26.6 Å². The second-order valence-electron chi connectivity index (χ2n) is 4.33. The van der Waals surface area contributed by atoms with Crippen LogP contribution in [0.15, 0.2) is 27.6 Å². The number of amidine groups is 1. The van der Waals surface area contributed by atoms with E-state index in [1.165, 1.54) is 11.8 Å². The van der Waals surface area contributed by atoms with E-state index in [0.29, 0.717) is 17.3 Å². The highest BCUT2D eigenvalue weighted by Crippen LogP contribution is 2.24. The lowest BCUT2D eigenvalue weighted by Crippen LogP contribution is -2.25. The predicted molar refractivity (Wildman–Crippen MR) is 87.1 cm³/mol. The number of hydrogen-bond donors (Lipinski definition) is 3. The number of thioether (sulfide) groups is 1. The summed E-state index contributed by atoms with van der Waals surface area (Å²) in [6, 6.07) is 5.00. The summed E-state index contributed by atoms with van der Waals surface area (Å²) in [5.74, 6) is 0.249. The summed E-state index contributed by atoms with van der Waals surface area (Å²) in [6.07, 6.45) is -0.117. The molecule has 6 N–H and O–H groups in total. The molecular formula is C11H15F3N6O2S2. The predicted octanol–water partition coefficient (Wildman–Crippen LogP) is 0.817. The van der Waals surface area contributed by atoms with Crippen molar-refractivity contribution < 1.29 is 21.6 Å². The van der Waals surface area contributed by atoms with Gasteiger partial charge >= 0.3 is 15.5 Å². The van der Waals surface area contributed by atoms with Crippen molar-refractivity contribution in [2.75, 3.05) is 5.75 Å². The van der Waals surface area contributed by atoms with E-state index in [2.05, 4.69) is 14.4 Å². The lowest BCUT2D eigenvalue weighted by Gasteiger charge is -2.05. The molecular weight excluding hydrogens is 369 g/mol. The molecule has 1 aromatic rings. The van der Waals surface area contributed by atoms with Crippen LogP contribution in [0, 0.1) is 0 Å². The number of guanidine groups is 1. The molecule has 0 aliphatic carbocycles. The van der Waals surface area contributed by atoms with Crippen LogP contribution in [0.2, 0.25) is 0 Å². The molecule has 0 amide bonds. The Kier molecular flexibility index (Phi) is 6.83. The zero-order valence-corrected chi connectivity index (χ0v) is 13.8. The van der Waals surface area contributed by atoms with Crippen molar-refractivity contribution >= 4 is 39.4 Å². The molecule has 0 unspecified atom stereocenters. The molecule has 8 nitrogen and oxygen atoms in total. The topological polar surface area (TPSA) is 150 Å². The van der Waals surface area contributed by atoms with E-state index in [0.717, 1.165) is 0 Å². The first-order chi connectivity index (χ1) is 11.0. The first kappa shape index (κ1) is 20.0. The Balaban J connectivity index is 2.54. The van der Waals surface area contributed by atoms with Crippen molar-refractivity contribution in [3.05, 3.63) is 23.9 Å². The van der Waals surface area contributed by atoms with Crippen molar-refractivity contribution in [1.29, 1.82) is 0 Å². The first-order valence-corrected chi connectivity index (χ1v) is 8.89. The van der Waals surface area contributed by atoms with Crippen LogP contribution < -0.4 is 17.2 Å². The maximum absolute atomic E-state index is 12.1. The number of aliphatic imine (C=N–C) groups is 1. The third kappa shape index (κ3) is 6.62.